The molecule has 0 spiro atoms. The number of carboxylic acids is 1. The standard InChI is InChI=1S/C15H17N3O3/c1-2-21-11-5-3-10(4-6-11)13-7-8-16-15-17-12(14(19)20)9-18(13)15/h3-6,9,13H,2,7-8H2,1H3,(H,16,17)(H,19,20). The van der Waals surface area contributed by atoms with E-state index in [0.717, 1.165) is 24.3 Å². The number of nitrogens with one attached hydrogen (secondary N) is 1. The zero-order valence-electron chi connectivity index (χ0n) is 11.7. The average molecular weight is 287 g/mol. The van der Waals surface area contributed by atoms with E-state index in [1.807, 2.05) is 35.8 Å². The molecule has 110 valence electrons. The van der Waals surface area contributed by atoms with Crippen molar-refractivity contribution in [2.24, 2.45) is 0 Å². The van der Waals surface area contributed by atoms with Crippen molar-refractivity contribution >= 4 is 11.9 Å². The van der Waals surface area contributed by atoms with Gasteiger partial charge >= 0.3 is 5.97 Å². The molecule has 1 aromatic heterocycles. The van der Waals surface area contributed by atoms with Gasteiger partial charge in [-0.25, -0.2) is 9.78 Å². The third kappa shape index (κ3) is 2.56. The molecule has 0 radical (unpaired) electrons. The molecule has 0 saturated carbocycles. The topological polar surface area (TPSA) is 76.4 Å². The Hall–Kier alpha value is -2.50. The van der Waals surface area contributed by atoms with Crippen LogP contribution in [0.25, 0.3) is 0 Å². The van der Waals surface area contributed by atoms with Crippen LogP contribution in [-0.4, -0.2) is 33.8 Å². The molecule has 6 heteroatoms. The number of anilines is 1. The molecule has 0 aliphatic carbocycles. The maximum Gasteiger partial charge on any atom is 0.356 e. The van der Waals surface area contributed by atoms with Gasteiger partial charge in [-0.1, -0.05) is 12.1 Å². The van der Waals surface area contributed by atoms with Crippen LogP contribution in [0.2, 0.25) is 0 Å². The summed E-state index contributed by atoms with van der Waals surface area (Å²) in [5.41, 5.74) is 1.19. The van der Waals surface area contributed by atoms with E-state index in [4.69, 9.17) is 9.84 Å². The molecule has 21 heavy (non-hydrogen) atoms. The first-order chi connectivity index (χ1) is 10.2. The highest BCUT2D eigenvalue weighted by molar-refractivity contribution is 5.85. The Morgan fingerprint density at radius 3 is 2.90 bits per heavy atom. The highest BCUT2D eigenvalue weighted by Gasteiger charge is 2.24. The largest absolute Gasteiger partial charge is 0.494 e. The lowest BCUT2D eigenvalue weighted by Crippen LogP contribution is -2.23. The van der Waals surface area contributed by atoms with Crippen molar-refractivity contribution in [1.29, 1.82) is 0 Å². The fraction of sp³-hybridized carbons (Fsp3) is 0.333. The van der Waals surface area contributed by atoms with Crippen LogP contribution < -0.4 is 10.1 Å². The second kappa shape index (κ2) is 5.47. The predicted octanol–water partition coefficient (Wildman–Crippen LogP) is 2.38. The molecule has 1 aliphatic heterocycles. The molecule has 1 atom stereocenters. The fourth-order valence-electron chi connectivity index (χ4n) is 2.60. The van der Waals surface area contributed by atoms with Crippen LogP contribution in [-0.2, 0) is 0 Å². The lowest BCUT2D eigenvalue weighted by Gasteiger charge is -2.26. The van der Waals surface area contributed by atoms with Gasteiger partial charge in [-0.15, -0.1) is 0 Å². The number of carbonyl (C=O) groups is 1. The van der Waals surface area contributed by atoms with Crippen LogP contribution in [0.5, 0.6) is 5.75 Å². The minimum absolute atomic E-state index is 0.0651. The van der Waals surface area contributed by atoms with E-state index in [0.29, 0.717) is 12.6 Å². The summed E-state index contributed by atoms with van der Waals surface area (Å²) in [6.45, 7) is 3.36. The Balaban J connectivity index is 1.92. The molecule has 1 aromatic carbocycles. The van der Waals surface area contributed by atoms with Crippen LogP contribution in [0.1, 0.15) is 35.4 Å². The van der Waals surface area contributed by atoms with Crippen molar-refractivity contribution in [3.8, 4) is 5.75 Å². The molecule has 1 unspecified atom stereocenters. The Kier molecular flexibility index (Phi) is 3.51. The van der Waals surface area contributed by atoms with Crippen molar-refractivity contribution in [2.75, 3.05) is 18.5 Å². The lowest BCUT2D eigenvalue weighted by molar-refractivity contribution is 0.0691. The number of fused-ring (bicyclic) bond motifs is 1. The smallest absolute Gasteiger partial charge is 0.356 e. The number of rotatable bonds is 4. The zero-order chi connectivity index (χ0) is 14.8. The summed E-state index contributed by atoms with van der Waals surface area (Å²) in [7, 11) is 0. The van der Waals surface area contributed by atoms with Crippen molar-refractivity contribution in [3.05, 3.63) is 41.7 Å². The van der Waals surface area contributed by atoms with Gasteiger partial charge in [0.2, 0.25) is 5.95 Å². The minimum Gasteiger partial charge on any atom is -0.494 e. The zero-order valence-corrected chi connectivity index (χ0v) is 11.7. The molecule has 6 nitrogen and oxygen atoms in total. The van der Waals surface area contributed by atoms with Crippen LogP contribution >= 0.6 is 0 Å². The Morgan fingerprint density at radius 1 is 1.48 bits per heavy atom. The van der Waals surface area contributed by atoms with Crippen molar-refractivity contribution < 1.29 is 14.6 Å². The van der Waals surface area contributed by atoms with Gasteiger partial charge in [0.15, 0.2) is 5.69 Å². The van der Waals surface area contributed by atoms with Crippen molar-refractivity contribution in [3.63, 3.8) is 0 Å². The summed E-state index contributed by atoms with van der Waals surface area (Å²) in [5.74, 6) is 0.439. The lowest BCUT2D eigenvalue weighted by atomic mass is 10.0. The van der Waals surface area contributed by atoms with Gasteiger partial charge in [-0.3, -0.25) is 0 Å². The normalized spacial score (nSPS) is 16.9. The van der Waals surface area contributed by atoms with Crippen molar-refractivity contribution in [1.82, 2.24) is 9.55 Å². The number of carboxylic acid groups (broad SMARTS) is 1. The van der Waals surface area contributed by atoms with E-state index in [1.165, 1.54) is 0 Å². The average Bonchev–Trinajstić information content (AvgIpc) is 2.93. The van der Waals surface area contributed by atoms with Crippen LogP contribution in [0.4, 0.5) is 5.95 Å². The van der Waals surface area contributed by atoms with Crippen molar-refractivity contribution in [2.45, 2.75) is 19.4 Å². The van der Waals surface area contributed by atoms with Crippen LogP contribution in [0, 0.1) is 0 Å². The van der Waals surface area contributed by atoms with Gasteiger partial charge < -0.3 is 19.7 Å². The summed E-state index contributed by atoms with van der Waals surface area (Å²) in [6, 6.07) is 8.01. The van der Waals surface area contributed by atoms with Gasteiger partial charge in [0.25, 0.3) is 0 Å². The van der Waals surface area contributed by atoms with Gasteiger partial charge in [0, 0.05) is 12.7 Å². The molecule has 0 fully saturated rings. The second-order valence-electron chi connectivity index (χ2n) is 4.90. The number of aromatic carboxylic acids is 1. The third-order valence-electron chi connectivity index (χ3n) is 3.56. The molecule has 0 amide bonds. The third-order valence-corrected chi connectivity index (χ3v) is 3.56. The first-order valence-corrected chi connectivity index (χ1v) is 6.98. The molecule has 2 N–H and O–H groups in total. The summed E-state index contributed by atoms with van der Waals surface area (Å²) >= 11 is 0. The van der Waals surface area contributed by atoms with E-state index in [-0.39, 0.29) is 11.7 Å². The van der Waals surface area contributed by atoms with E-state index in [1.54, 1.807) is 6.20 Å². The molecule has 0 bridgehead atoms. The van der Waals surface area contributed by atoms with Gasteiger partial charge in [-0.2, -0.15) is 0 Å². The van der Waals surface area contributed by atoms with Gasteiger partial charge in [-0.05, 0) is 31.0 Å². The predicted molar refractivity (Wildman–Crippen MR) is 78.0 cm³/mol. The highest BCUT2D eigenvalue weighted by atomic mass is 16.5. The summed E-state index contributed by atoms with van der Waals surface area (Å²) < 4.78 is 7.34. The SMILES string of the molecule is CCOc1ccc(C2CCNc3nc(C(=O)O)cn32)cc1. The van der Waals surface area contributed by atoms with Gasteiger partial charge in [0.05, 0.1) is 12.6 Å². The molecule has 1 aliphatic rings. The number of ether oxygens (including phenoxy) is 1. The monoisotopic (exact) mass is 287 g/mol. The number of benzene rings is 1. The Bertz CT molecular complexity index is 649. The molecule has 3 rings (SSSR count). The quantitative estimate of drug-likeness (QED) is 0.903. The fourth-order valence-corrected chi connectivity index (χ4v) is 2.60. The number of imidazole rings is 1. The summed E-state index contributed by atoms with van der Waals surface area (Å²) in [4.78, 5) is 15.2. The van der Waals surface area contributed by atoms with E-state index < -0.39 is 5.97 Å². The molecule has 2 heterocycles. The van der Waals surface area contributed by atoms with Gasteiger partial charge in [0.1, 0.15) is 5.75 Å². The first-order valence-electron chi connectivity index (χ1n) is 6.98. The second-order valence-corrected chi connectivity index (χ2v) is 4.90. The number of aromatic nitrogens is 2. The number of hydrogen-bond donors (Lipinski definition) is 2. The minimum atomic E-state index is -1.01. The van der Waals surface area contributed by atoms with E-state index in [9.17, 15) is 4.79 Å². The molecule has 2 aromatic rings. The van der Waals surface area contributed by atoms with Crippen LogP contribution in [0.15, 0.2) is 30.5 Å². The van der Waals surface area contributed by atoms with E-state index >= 15 is 0 Å². The number of hydrogen-bond acceptors (Lipinski definition) is 4. The maximum absolute atomic E-state index is 11.1. The molecular formula is C15H17N3O3. The number of nitrogens with zero attached hydrogens (tertiary/aromatic N) is 2. The van der Waals surface area contributed by atoms with E-state index in [2.05, 4.69) is 10.3 Å². The van der Waals surface area contributed by atoms with Crippen LogP contribution in [0.3, 0.4) is 0 Å². The highest BCUT2D eigenvalue weighted by Crippen LogP contribution is 2.30. The summed E-state index contributed by atoms with van der Waals surface area (Å²) in [5, 5.41) is 12.2. The molecular weight excluding hydrogens is 270 g/mol. The first kappa shape index (κ1) is 13.5. The summed E-state index contributed by atoms with van der Waals surface area (Å²) in [6.07, 6.45) is 2.47. The Labute approximate surface area is 122 Å². The maximum atomic E-state index is 11.1. The Morgan fingerprint density at radius 2 is 2.24 bits per heavy atom. The molecule has 0 saturated heterocycles.